The lowest BCUT2D eigenvalue weighted by atomic mass is 9.70. The number of nitrogens with zero attached hydrogens (tertiary/aromatic N) is 2. The Labute approximate surface area is 194 Å². The number of nitrogens with two attached hydrogens (primary N) is 1. The van der Waals surface area contributed by atoms with E-state index in [4.69, 9.17) is 10.5 Å². The molecule has 1 aromatic heterocycles. The number of H-pyrrole nitrogens is 1. The van der Waals surface area contributed by atoms with Gasteiger partial charge < -0.3 is 20.4 Å². The van der Waals surface area contributed by atoms with Gasteiger partial charge in [0.05, 0.1) is 31.0 Å². The standard InChI is InChI=1S/C27H30N4O2/c1-27(2)21-16-23(31-10-12-33-13-11-31)17(6-5-9-30(3)4)14-20(21)25(32)24-19-8-7-18(28)15-22(19)29-26(24)27/h7-8,14-16,29H,9-13,28H2,1-4H3. The maximum Gasteiger partial charge on any atom is 0.195 e. The molecule has 0 saturated carbocycles. The number of hydrogen-bond acceptors (Lipinski definition) is 5. The third-order valence-corrected chi connectivity index (χ3v) is 6.70. The van der Waals surface area contributed by atoms with Crippen LogP contribution in [0.15, 0.2) is 30.3 Å². The molecule has 0 unspecified atom stereocenters. The van der Waals surface area contributed by atoms with Crippen molar-refractivity contribution in [1.29, 1.82) is 0 Å². The van der Waals surface area contributed by atoms with Crippen molar-refractivity contribution in [1.82, 2.24) is 9.88 Å². The molecule has 2 aliphatic rings. The number of aromatic nitrogens is 1. The number of nitrogen functional groups attached to an aromatic ring is 1. The summed E-state index contributed by atoms with van der Waals surface area (Å²) in [6.07, 6.45) is 0. The summed E-state index contributed by atoms with van der Waals surface area (Å²) in [4.78, 5) is 21.7. The Morgan fingerprint density at radius 3 is 2.67 bits per heavy atom. The molecule has 0 spiro atoms. The summed E-state index contributed by atoms with van der Waals surface area (Å²) in [5, 5.41) is 0.917. The average molecular weight is 443 g/mol. The summed E-state index contributed by atoms with van der Waals surface area (Å²) in [6.45, 7) is 8.02. The number of rotatable bonds is 2. The first-order chi connectivity index (χ1) is 15.8. The van der Waals surface area contributed by atoms with E-state index in [0.717, 1.165) is 57.6 Å². The Balaban J connectivity index is 1.71. The Kier molecular flexibility index (Phi) is 5.19. The fourth-order valence-electron chi connectivity index (χ4n) is 4.94. The quantitative estimate of drug-likeness (QED) is 0.470. The van der Waals surface area contributed by atoms with Crippen molar-refractivity contribution in [2.75, 3.05) is 57.6 Å². The molecular weight excluding hydrogens is 412 g/mol. The van der Waals surface area contributed by atoms with Crippen molar-refractivity contribution in [3.05, 3.63) is 58.3 Å². The number of hydrogen-bond donors (Lipinski definition) is 2. The van der Waals surface area contributed by atoms with Gasteiger partial charge in [0.1, 0.15) is 0 Å². The molecule has 33 heavy (non-hydrogen) atoms. The maximum atomic E-state index is 13.8. The zero-order chi connectivity index (χ0) is 23.3. The summed E-state index contributed by atoms with van der Waals surface area (Å²) in [5.41, 5.74) is 12.6. The average Bonchev–Trinajstić information content (AvgIpc) is 3.17. The molecule has 0 amide bonds. The zero-order valence-electron chi connectivity index (χ0n) is 19.7. The second-order valence-corrected chi connectivity index (χ2v) is 9.69. The number of ketones is 1. The first-order valence-corrected chi connectivity index (χ1v) is 11.4. The highest BCUT2D eigenvalue weighted by Gasteiger charge is 2.40. The van der Waals surface area contributed by atoms with Crippen LogP contribution in [0.4, 0.5) is 11.4 Å². The lowest BCUT2D eigenvalue weighted by molar-refractivity contribution is 0.103. The van der Waals surface area contributed by atoms with Crippen molar-refractivity contribution in [3.63, 3.8) is 0 Å². The first-order valence-electron chi connectivity index (χ1n) is 11.4. The van der Waals surface area contributed by atoms with Crippen LogP contribution in [-0.2, 0) is 10.2 Å². The Morgan fingerprint density at radius 1 is 1.18 bits per heavy atom. The van der Waals surface area contributed by atoms with E-state index >= 15 is 0 Å². The minimum absolute atomic E-state index is 0.0412. The third kappa shape index (κ3) is 3.58. The summed E-state index contributed by atoms with van der Waals surface area (Å²) in [5.74, 6) is 6.65. The van der Waals surface area contributed by atoms with Crippen molar-refractivity contribution in [3.8, 4) is 11.8 Å². The Hall–Kier alpha value is -3.27. The molecule has 1 aliphatic carbocycles. The van der Waals surface area contributed by atoms with E-state index < -0.39 is 0 Å². The number of benzene rings is 2. The van der Waals surface area contributed by atoms with E-state index in [2.05, 4.69) is 41.6 Å². The lowest BCUT2D eigenvalue weighted by Crippen LogP contribution is -2.37. The normalized spacial score (nSPS) is 17.0. The fourth-order valence-corrected chi connectivity index (χ4v) is 4.94. The predicted molar refractivity (Wildman–Crippen MR) is 133 cm³/mol. The van der Waals surface area contributed by atoms with Gasteiger partial charge in [0.25, 0.3) is 0 Å². The molecule has 1 fully saturated rings. The number of carbonyl (C=O) groups is 1. The highest BCUT2D eigenvalue weighted by molar-refractivity contribution is 6.20. The summed E-state index contributed by atoms with van der Waals surface area (Å²) >= 11 is 0. The second kappa shape index (κ2) is 7.95. The third-order valence-electron chi connectivity index (χ3n) is 6.70. The molecule has 0 radical (unpaired) electrons. The Morgan fingerprint density at radius 2 is 1.94 bits per heavy atom. The van der Waals surface area contributed by atoms with Gasteiger partial charge in [0, 0.05) is 51.9 Å². The molecule has 0 bridgehead atoms. The van der Waals surface area contributed by atoms with Crippen LogP contribution in [0.25, 0.3) is 10.9 Å². The molecule has 2 aromatic carbocycles. The van der Waals surface area contributed by atoms with Gasteiger partial charge in [-0.3, -0.25) is 9.69 Å². The predicted octanol–water partition coefficient (Wildman–Crippen LogP) is 3.37. The monoisotopic (exact) mass is 442 g/mol. The highest BCUT2D eigenvalue weighted by Crippen LogP contribution is 2.45. The molecule has 2 heterocycles. The van der Waals surface area contributed by atoms with E-state index in [0.29, 0.717) is 25.4 Å². The van der Waals surface area contributed by atoms with Gasteiger partial charge >= 0.3 is 0 Å². The van der Waals surface area contributed by atoms with Crippen LogP contribution < -0.4 is 10.6 Å². The molecule has 3 aromatic rings. The van der Waals surface area contributed by atoms with Crippen LogP contribution in [-0.4, -0.2) is 62.6 Å². The molecule has 6 nitrogen and oxygen atoms in total. The fraction of sp³-hybridized carbons (Fsp3) is 0.370. The van der Waals surface area contributed by atoms with Crippen molar-refractivity contribution in [2.45, 2.75) is 19.3 Å². The molecule has 1 aliphatic heterocycles. The molecule has 5 rings (SSSR count). The largest absolute Gasteiger partial charge is 0.399 e. The van der Waals surface area contributed by atoms with Gasteiger partial charge in [0.15, 0.2) is 5.78 Å². The van der Waals surface area contributed by atoms with Crippen LogP contribution in [0.3, 0.4) is 0 Å². The van der Waals surface area contributed by atoms with E-state index in [1.165, 1.54) is 0 Å². The number of nitrogens with one attached hydrogen (secondary N) is 1. The zero-order valence-corrected chi connectivity index (χ0v) is 19.7. The SMILES string of the molecule is CN(C)CC#Cc1cc2c(cc1N1CCOCC1)C(C)(C)c1[nH]c3cc(N)ccc3c1C2=O. The summed E-state index contributed by atoms with van der Waals surface area (Å²) in [6, 6.07) is 9.89. The summed E-state index contributed by atoms with van der Waals surface area (Å²) in [7, 11) is 4.00. The van der Waals surface area contributed by atoms with Crippen molar-refractivity contribution < 1.29 is 9.53 Å². The van der Waals surface area contributed by atoms with Crippen LogP contribution >= 0.6 is 0 Å². The summed E-state index contributed by atoms with van der Waals surface area (Å²) < 4.78 is 5.58. The number of aromatic amines is 1. The van der Waals surface area contributed by atoms with Gasteiger partial charge in [0.2, 0.25) is 0 Å². The number of morpholine rings is 1. The molecule has 170 valence electrons. The lowest BCUT2D eigenvalue weighted by Gasteiger charge is -2.35. The van der Waals surface area contributed by atoms with E-state index in [1.54, 1.807) is 0 Å². The maximum absolute atomic E-state index is 13.8. The number of ether oxygens (including phenoxy) is 1. The number of anilines is 2. The number of carbonyl (C=O) groups excluding carboxylic acids is 1. The van der Waals surface area contributed by atoms with Crippen LogP contribution in [0.5, 0.6) is 0 Å². The first kappa shape index (κ1) is 21.6. The highest BCUT2D eigenvalue weighted by atomic mass is 16.5. The smallest absolute Gasteiger partial charge is 0.195 e. The van der Waals surface area contributed by atoms with Crippen LogP contribution in [0.1, 0.15) is 46.6 Å². The van der Waals surface area contributed by atoms with E-state index in [-0.39, 0.29) is 11.2 Å². The second-order valence-electron chi connectivity index (χ2n) is 9.69. The molecule has 1 saturated heterocycles. The Bertz CT molecular complexity index is 1320. The topological polar surface area (TPSA) is 74.6 Å². The molecule has 3 N–H and O–H groups in total. The van der Waals surface area contributed by atoms with Gasteiger partial charge in [-0.2, -0.15) is 0 Å². The van der Waals surface area contributed by atoms with E-state index in [1.807, 2.05) is 43.3 Å². The van der Waals surface area contributed by atoms with Crippen molar-refractivity contribution >= 4 is 28.1 Å². The minimum atomic E-state index is -0.372. The minimum Gasteiger partial charge on any atom is -0.399 e. The van der Waals surface area contributed by atoms with E-state index in [9.17, 15) is 4.79 Å². The van der Waals surface area contributed by atoms with Crippen LogP contribution in [0, 0.1) is 11.8 Å². The van der Waals surface area contributed by atoms with Crippen molar-refractivity contribution in [2.24, 2.45) is 0 Å². The van der Waals surface area contributed by atoms with Gasteiger partial charge in [-0.15, -0.1) is 0 Å². The van der Waals surface area contributed by atoms with Gasteiger partial charge in [-0.05, 0) is 43.9 Å². The van der Waals surface area contributed by atoms with Gasteiger partial charge in [-0.1, -0.05) is 31.8 Å². The molecular formula is C27H30N4O2. The number of fused-ring (bicyclic) bond motifs is 4. The molecule has 0 atom stereocenters. The molecule has 6 heteroatoms. The van der Waals surface area contributed by atoms with Gasteiger partial charge in [-0.25, -0.2) is 0 Å². The van der Waals surface area contributed by atoms with Crippen LogP contribution in [0.2, 0.25) is 0 Å².